The van der Waals surface area contributed by atoms with Gasteiger partial charge in [0.05, 0.1) is 0 Å². The normalized spacial score (nSPS) is 14.0. The van der Waals surface area contributed by atoms with Gasteiger partial charge >= 0.3 is 6.09 Å². The Kier molecular flexibility index (Phi) is 5.54. The number of hydrogen-bond donors (Lipinski definition) is 2. The molecule has 1 atom stereocenters. The van der Waals surface area contributed by atoms with Gasteiger partial charge in [-0.3, -0.25) is 4.79 Å². The number of alkyl carbamates (subject to hydrolysis) is 1. The average Bonchev–Trinajstić information content (AvgIpc) is 2.90. The van der Waals surface area contributed by atoms with E-state index < -0.39 is 11.7 Å². The molecule has 0 fully saturated rings. The molecule has 0 spiro atoms. The van der Waals surface area contributed by atoms with E-state index in [1.165, 1.54) is 0 Å². The molecular weight excluding hydrogens is 312 g/mol. The number of rotatable bonds is 5. The Hall–Kier alpha value is -2.44. The van der Waals surface area contributed by atoms with E-state index in [9.17, 15) is 9.59 Å². The van der Waals surface area contributed by atoms with Crippen LogP contribution in [-0.4, -0.2) is 37.0 Å². The third kappa shape index (κ3) is 5.64. The molecular formula is C17H24N2O5. The van der Waals surface area contributed by atoms with Crippen molar-refractivity contribution < 1.29 is 23.8 Å². The van der Waals surface area contributed by atoms with Gasteiger partial charge in [0.25, 0.3) is 0 Å². The second-order valence-electron chi connectivity index (χ2n) is 6.72. The molecule has 1 unspecified atom stereocenters. The molecule has 1 aliphatic rings. The number of ether oxygens (including phenoxy) is 3. The van der Waals surface area contributed by atoms with E-state index in [-0.39, 0.29) is 25.3 Å². The van der Waals surface area contributed by atoms with Gasteiger partial charge in [0, 0.05) is 6.04 Å². The summed E-state index contributed by atoms with van der Waals surface area (Å²) >= 11 is 0. The fourth-order valence-electron chi connectivity index (χ4n) is 2.26. The number of nitrogens with one attached hydrogen (secondary N) is 2. The molecule has 0 saturated heterocycles. The minimum absolute atomic E-state index is 0.0849. The zero-order chi connectivity index (χ0) is 17.7. The molecule has 2 N–H and O–H groups in total. The van der Waals surface area contributed by atoms with Gasteiger partial charge in [0.2, 0.25) is 12.7 Å². The van der Waals surface area contributed by atoms with Gasteiger partial charge in [-0.1, -0.05) is 6.07 Å². The summed E-state index contributed by atoms with van der Waals surface area (Å²) in [5.74, 6) is 1.18. The Morgan fingerprint density at radius 2 is 1.96 bits per heavy atom. The largest absolute Gasteiger partial charge is 0.454 e. The van der Waals surface area contributed by atoms with Gasteiger partial charge in [-0.2, -0.15) is 0 Å². The molecule has 1 aromatic carbocycles. The van der Waals surface area contributed by atoms with Crippen LogP contribution in [0, 0.1) is 0 Å². The van der Waals surface area contributed by atoms with Crippen LogP contribution < -0.4 is 20.1 Å². The molecule has 132 valence electrons. The Morgan fingerprint density at radius 3 is 2.67 bits per heavy atom. The fraction of sp³-hybridized carbons (Fsp3) is 0.529. The summed E-state index contributed by atoms with van der Waals surface area (Å²) < 4.78 is 15.7. The van der Waals surface area contributed by atoms with Crippen LogP contribution in [0.3, 0.4) is 0 Å². The molecule has 0 radical (unpaired) electrons. The number of carbonyl (C=O) groups is 2. The number of hydrogen-bond acceptors (Lipinski definition) is 5. The van der Waals surface area contributed by atoms with Gasteiger partial charge < -0.3 is 24.8 Å². The third-order valence-corrected chi connectivity index (χ3v) is 3.18. The fourth-order valence-corrected chi connectivity index (χ4v) is 2.26. The van der Waals surface area contributed by atoms with E-state index in [4.69, 9.17) is 14.2 Å². The van der Waals surface area contributed by atoms with E-state index in [0.717, 1.165) is 17.1 Å². The van der Waals surface area contributed by atoms with Crippen molar-refractivity contribution >= 4 is 12.0 Å². The molecule has 2 amide bonds. The highest BCUT2D eigenvalue weighted by Crippen LogP contribution is 2.32. The van der Waals surface area contributed by atoms with Crippen molar-refractivity contribution in [2.45, 2.75) is 45.8 Å². The summed E-state index contributed by atoms with van der Waals surface area (Å²) in [7, 11) is 0. The number of carbonyl (C=O) groups excluding carboxylic acids is 2. The molecule has 7 heteroatoms. The lowest BCUT2D eigenvalue weighted by molar-refractivity contribution is -0.120. The maximum atomic E-state index is 11.9. The molecule has 0 aromatic heterocycles. The first-order valence-electron chi connectivity index (χ1n) is 7.88. The van der Waals surface area contributed by atoms with Crippen molar-refractivity contribution in [3.05, 3.63) is 23.8 Å². The van der Waals surface area contributed by atoms with Crippen LogP contribution in [0.1, 0.15) is 33.3 Å². The van der Waals surface area contributed by atoms with Gasteiger partial charge in [-0.05, 0) is 51.8 Å². The Labute approximate surface area is 141 Å². The standard InChI is InChI=1S/C17H24N2O5/c1-11(7-12-5-6-13-14(8-12)23-10-22-13)19-15(20)9-18-16(21)24-17(2,3)4/h5-6,8,11H,7,9-10H2,1-4H3,(H,18,21)(H,19,20). The first kappa shape index (κ1) is 17.9. The maximum Gasteiger partial charge on any atom is 0.408 e. The summed E-state index contributed by atoms with van der Waals surface area (Å²) in [6, 6.07) is 5.62. The topological polar surface area (TPSA) is 85.9 Å². The Morgan fingerprint density at radius 1 is 1.25 bits per heavy atom. The first-order chi connectivity index (χ1) is 11.2. The highest BCUT2D eigenvalue weighted by molar-refractivity contribution is 5.82. The van der Waals surface area contributed by atoms with Crippen LogP contribution in [0.2, 0.25) is 0 Å². The quantitative estimate of drug-likeness (QED) is 0.859. The summed E-state index contributed by atoms with van der Waals surface area (Å²) in [4.78, 5) is 23.4. The van der Waals surface area contributed by atoms with Gasteiger partial charge in [0.15, 0.2) is 11.5 Å². The van der Waals surface area contributed by atoms with Crippen molar-refractivity contribution in [3.63, 3.8) is 0 Å². The van der Waals surface area contributed by atoms with Crippen LogP contribution in [0.15, 0.2) is 18.2 Å². The third-order valence-electron chi connectivity index (χ3n) is 3.18. The lowest BCUT2D eigenvalue weighted by Crippen LogP contribution is -2.43. The minimum atomic E-state index is -0.610. The highest BCUT2D eigenvalue weighted by atomic mass is 16.7. The molecule has 24 heavy (non-hydrogen) atoms. The smallest absolute Gasteiger partial charge is 0.408 e. The summed E-state index contributed by atoms with van der Waals surface area (Å²) in [6.45, 7) is 7.30. The lowest BCUT2D eigenvalue weighted by atomic mass is 10.1. The molecule has 1 aromatic rings. The average molecular weight is 336 g/mol. The van der Waals surface area contributed by atoms with Gasteiger partial charge in [-0.25, -0.2) is 4.79 Å². The molecule has 0 bridgehead atoms. The second-order valence-corrected chi connectivity index (χ2v) is 6.72. The summed E-state index contributed by atoms with van der Waals surface area (Å²) in [5.41, 5.74) is 0.444. The van der Waals surface area contributed by atoms with Crippen LogP contribution in [0.25, 0.3) is 0 Å². The first-order valence-corrected chi connectivity index (χ1v) is 7.88. The summed E-state index contributed by atoms with van der Waals surface area (Å²) in [5, 5.41) is 5.27. The number of amides is 2. The van der Waals surface area contributed by atoms with E-state index in [0.29, 0.717) is 6.42 Å². The van der Waals surface area contributed by atoms with Gasteiger partial charge in [-0.15, -0.1) is 0 Å². The van der Waals surface area contributed by atoms with E-state index in [2.05, 4.69) is 10.6 Å². The second kappa shape index (κ2) is 7.42. The van der Waals surface area contributed by atoms with Crippen LogP contribution in [0.5, 0.6) is 11.5 Å². The Bertz CT molecular complexity index is 609. The van der Waals surface area contributed by atoms with Crippen molar-refractivity contribution in [2.75, 3.05) is 13.3 Å². The number of benzene rings is 1. The predicted molar refractivity (Wildman–Crippen MR) is 88.1 cm³/mol. The van der Waals surface area contributed by atoms with Crippen molar-refractivity contribution in [2.24, 2.45) is 0 Å². The van der Waals surface area contributed by atoms with Crippen LogP contribution in [-0.2, 0) is 16.0 Å². The van der Waals surface area contributed by atoms with E-state index in [1.807, 2.05) is 25.1 Å². The molecule has 1 heterocycles. The van der Waals surface area contributed by atoms with Gasteiger partial charge in [0.1, 0.15) is 12.1 Å². The molecule has 0 saturated carbocycles. The molecule has 0 aliphatic carbocycles. The minimum Gasteiger partial charge on any atom is -0.454 e. The summed E-state index contributed by atoms with van der Waals surface area (Å²) in [6.07, 6.45) is 0.0375. The zero-order valence-corrected chi connectivity index (χ0v) is 14.5. The maximum absolute atomic E-state index is 11.9. The predicted octanol–water partition coefficient (Wildman–Crippen LogP) is 1.99. The van der Waals surface area contributed by atoms with Crippen LogP contribution in [0.4, 0.5) is 4.79 Å². The lowest BCUT2D eigenvalue weighted by Gasteiger charge is -2.20. The monoisotopic (exact) mass is 336 g/mol. The van der Waals surface area contributed by atoms with Crippen molar-refractivity contribution in [1.29, 1.82) is 0 Å². The van der Waals surface area contributed by atoms with Crippen molar-refractivity contribution in [1.82, 2.24) is 10.6 Å². The number of fused-ring (bicyclic) bond motifs is 1. The van der Waals surface area contributed by atoms with E-state index >= 15 is 0 Å². The highest BCUT2D eigenvalue weighted by Gasteiger charge is 2.18. The zero-order valence-electron chi connectivity index (χ0n) is 14.5. The SMILES string of the molecule is CC(Cc1ccc2c(c1)OCO2)NC(=O)CNC(=O)OC(C)(C)C. The molecule has 1 aliphatic heterocycles. The Balaban J connectivity index is 1.74. The molecule has 7 nitrogen and oxygen atoms in total. The van der Waals surface area contributed by atoms with Crippen molar-refractivity contribution in [3.8, 4) is 11.5 Å². The molecule has 2 rings (SSSR count). The van der Waals surface area contributed by atoms with Crippen LogP contribution >= 0.6 is 0 Å². The van der Waals surface area contributed by atoms with E-state index in [1.54, 1.807) is 20.8 Å².